The van der Waals surface area contributed by atoms with Crippen LogP contribution in [0.5, 0.6) is 11.5 Å². The minimum Gasteiger partial charge on any atom is -0.493 e. The smallest absolute Gasteiger partial charge is 0.262 e. The molecule has 0 spiro atoms. The Hall–Kier alpha value is -3.36. The van der Waals surface area contributed by atoms with Crippen LogP contribution in [0.4, 0.5) is 11.5 Å². The number of halogens is 2. The largest absolute Gasteiger partial charge is 0.493 e. The predicted molar refractivity (Wildman–Crippen MR) is 117 cm³/mol. The highest BCUT2D eigenvalue weighted by atomic mass is 35.5. The molecule has 3 rings (SSSR count). The lowest BCUT2D eigenvalue weighted by atomic mass is 10.2. The predicted octanol–water partition coefficient (Wildman–Crippen LogP) is 4.26. The van der Waals surface area contributed by atoms with E-state index in [2.05, 4.69) is 26.0 Å². The molecule has 2 aromatic carbocycles. The number of aromatic nitrogens is 2. The van der Waals surface area contributed by atoms with Crippen LogP contribution < -0.4 is 20.2 Å². The first-order chi connectivity index (χ1) is 14.5. The van der Waals surface area contributed by atoms with Gasteiger partial charge in [-0.3, -0.25) is 10.2 Å². The molecule has 0 radical (unpaired) electrons. The number of nitrogens with one attached hydrogen (secondary N) is 2. The SMILES string of the molecule is COc1cc(/C=N/Nc2ccc(Cl)nn2)ccc1OCC(=O)Nc1ccccc1Cl. The van der Waals surface area contributed by atoms with Crippen LogP contribution in [0, 0.1) is 0 Å². The van der Waals surface area contributed by atoms with Gasteiger partial charge in [0.05, 0.1) is 24.0 Å². The highest BCUT2D eigenvalue weighted by molar-refractivity contribution is 6.33. The Morgan fingerprint density at radius 2 is 1.93 bits per heavy atom. The van der Waals surface area contributed by atoms with Crippen LogP contribution in [0.1, 0.15) is 5.56 Å². The summed E-state index contributed by atoms with van der Waals surface area (Å²) in [6.07, 6.45) is 1.58. The molecule has 2 N–H and O–H groups in total. The molecule has 0 fully saturated rings. The third-order valence-corrected chi connectivity index (χ3v) is 4.25. The minimum atomic E-state index is -0.343. The number of anilines is 2. The maximum atomic E-state index is 12.1. The summed E-state index contributed by atoms with van der Waals surface area (Å²) in [5.74, 6) is 0.979. The van der Waals surface area contributed by atoms with Gasteiger partial charge in [0.15, 0.2) is 29.1 Å². The van der Waals surface area contributed by atoms with Crippen LogP contribution in [-0.2, 0) is 4.79 Å². The molecule has 0 saturated carbocycles. The van der Waals surface area contributed by atoms with Crippen molar-refractivity contribution in [3.05, 3.63) is 70.3 Å². The van der Waals surface area contributed by atoms with Gasteiger partial charge in [-0.1, -0.05) is 35.3 Å². The van der Waals surface area contributed by atoms with Gasteiger partial charge in [0.25, 0.3) is 5.91 Å². The summed E-state index contributed by atoms with van der Waals surface area (Å²) in [5, 5.41) is 15.1. The first-order valence-corrected chi connectivity index (χ1v) is 9.44. The van der Waals surface area contributed by atoms with Gasteiger partial charge >= 0.3 is 0 Å². The van der Waals surface area contributed by atoms with E-state index < -0.39 is 0 Å². The molecule has 3 aromatic rings. The zero-order valence-corrected chi connectivity index (χ0v) is 17.3. The van der Waals surface area contributed by atoms with Crippen molar-refractivity contribution in [3.63, 3.8) is 0 Å². The van der Waals surface area contributed by atoms with E-state index >= 15 is 0 Å². The van der Waals surface area contributed by atoms with Crippen molar-refractivity contribution in [3.8, 4) is 11.5 Å². The fourth-order valence-corrected chi connectivity index (χ4v) is 2.61. The molecule has 0 atom stereocenters. The number of amides is 1. The summed E-state index contributed by atoms with van der Waals surface area (Å²) in [7, 11) is 1.51. The molecule has 1 aromatic heterocycles. The quantitative estimate of drug-likeness (QED) is 0.397. The fraction of sp³-hybridized carbons (Fsp3) is 0.100. The second-order valence-electron chi connectivity index (χ2n) is 5.84. The molecular formula is C20H17Cl2N5O3. The molecule has 0 aliphatic rings. The number of hydrogen-bond donors (Lipinski definition) is 2. The van der Waals surface area contributed by atoms with Gasteiger partial charge in [0.2, 0.25) is 0 Å². The lowest BCUT2D eigenvalue weighted by molar-refractivity contribution is -0.118. The summed E-state index contributed by atoms with van der Waals surface area (Å²) >= 11 is 11.7. The third kappa shape index (κ3) is 6.07. The average molecular weight is 446 g/mol. The van der Waals surface area contributed by atoms with E-state index in [9.17, 15) is 4.79 Å². The maximum absolute atomic E-state index is 12.1. The minimum absolute atomic E-state index is 0.203. The molecule has 154 valence electrons. The second-order valence-corrected chi connectivity index (χ2v) is 6.63. The van der Waals surface area contributed by atoms with Crippen molar-refractivity contribution in [1.82, 2.24) is 10.2 Å². The summed E-state index contributed by atoms with van der Waals surface area (Å²) in [4.78, 5) is 12.1. The van der Waals surface area contributed by atoms with E-state index in [0.717, 1.165) is 5.56 Å². The topological polar surface area (TPSA) is 97.7 Å². The van der Waals surface area contributed by atoms with E-state index in [0.29, 0.717) is 33.2 Å². The molecule has 10 heteroatoms. The monoisotopic (exact) mass is 445 g/mol. The van der Waals surface area contributed by atoms with Crippen molar-refractivity contribution in [1.29, 1.82) is 0 Å². The molecule has 0 saturated heterocycles. The first-order valence-electron chi connectivity index (χ1n) is 8.68. The van der Waals surface area contributed by atoms with Gasteiger partial charge in [0, 0.05) is 0 Å². The number of hydrogen-bond acceptors (Lipinski definition) is 7. The summed E-state index contributed by atoms with van der Waals surface area (Å²) in [6.45, 7) is -0.203. The van der Waals surface area contributed by atoms with E-state index in [1.807, 2.05) is 0 Å². The van der Waals surface area contributed by atoms with Crippen LogP contribution >= 0.6 is 23.2 Å². The van der Waals surface area contributed by atoms with Gasteiger partial charge in [0.1, 0.15) is 0 Å². The summed E-state index contributed by atoms with van der Waals surface area (Å²) < 4.78 is 10.9. The highest BCUT2D eigenvalue weighted by Crippen LogP contribution is 2.28. The Morgan fingerprint density at radius 1 is 1.10 bits per heavy atom. The number of methoxy groups -OCH3 is 1. The Morgan fingerprint density at radius 3 is 2.67 bits per heavy atom. The highest BCUT2D eigenvalue weighted by Gasteiger charge is 2.10. The summed E-state index contributed by atoms with van der Waals surface area (Å²) in [6, 6.07) is 15.4. The van der Waals surface area contributed by atoms with E-state index in [1.54, 1.807) is 60.8 Å². The van der Waals surface area contributed by atoms with Crippen LogP contribution in [0.15, 0.2) is 59.7 Å². The van der Waals surface area contributed by atoms with Crippen molar-refractivity contribution in [2.75, 3.05) is 24.5 Å². The fourth-order valence-electron chi connectivity index (χ4n) is 2.32. The number of benzene rings is 2. The molecule has 1 amide bonds. The normalized spacial score (nSPS) is 10.6. The molecule has 0 unspecified atom stereocenters. The van der Waals surface area contributed by atoms with Gasteiger partial charge in [-0.2, -0.15) is 5.10 Å². The number of nitrogens with zero attached hydrogens (tertiary/aromatic N) is 3. The van der Waals surface area contributed by atoms with Gasteiger partial charge in [-0.15, -0.1) is 10.2 Å². The third-order valence-electron chi connectivity index (χ3n) is 3.72. The van der Waals surface area contributed by atoms with Crippen molar-refractivity contribution in [2.24, 2.45) is 5.10 Å². The molecule has 30 heavy (non-hydrogen) atoms. The second kappa shape index (κ2) is 10.4. The Labute approximate surface area is 182 Å². The van der Waals surface area contributed by atoms with E-state index in [4.69, 9.17) is 32.7 Å². The zero-order chi connectivity index (χ0) is 21.3. The Bertz CT molecular complexity index is 1040. The molecule has 0 aliphatic heterocycles. The lowest BCUT2D eigenvalue weighted by Gasteiger charge is -2.12. The number of hydrazone groups is 1. The lowest BCUT2D eigenvalue weighted by Crippen LogP contribution is -2.20. The van der Waals surface area contributed by atoms with Crippen LogP contribution in [0.25, 0.3) is 0 Å². The number of ether oxygens (including phenoxy) is 2. The maximum Gasteiger partial charge on any atom is 0.262 e. The number of carbonyl (C=O) groups excluding carboxylic acids is 1. The van der Waals surface area contributed by atoms with Crippen LogP contribution in [0.3, 0.4) is 0 Å². The van der Waals surface area contributed by atoms with Crippen molar-refractivity contribution < 1.29 is 14.3 Å². The van der Waals surface area contributed by atoms with E-state index in [1.165, 1.54) is 7.11 Å². The Balaban J connectivity index is 1.58. The van der Waals surface area contributed by atoms with Crippen LogP contribution in [-0.4, -0.2) is 36.0 Å². The van der Waals surface area contributed by atoms with Gasteiger partial charge < -0.3 is 14.8 Å². The number of rotatable bonds is 8. The molecule has 1 heterocycles. The number of para-hydroxylation sites is 1. The van der Waals surface area contributed by atoms with Crippen molar-refractivity contribution >= 4 is 46.8 Å². The summed E-state index contributed by atoms with van der Waals surface area (Å²) in [5.41, 5.74) is 4.00. The van der Waals surface area contributed by atoms with Crippen molar-refractivity contribution in [2.45, 2.75) is 0 Å². The Kier molecular flexibility index (Phi) is 7.42. The van der Waals surface area contributed by atoms with E-state index in [-0.39, 0.29) is 12.5 Å². The first kappa shape index (κ1) is 21.4. The number of carbonyl (C=O) groups is 1. The van der Waals surface area contributed by atoms with Gasteiger partial charge in [-0.05, 0) is 48.0 Å². The molecule has 8 nitrogen and oxygen atoms in total. The van der Waals surface area contributed by atoms with Crippen LogP contribution in [0.2, 0.25) is 10.2 Å². The molecule has 0 aliphatic carbocycles. The molecular weight excluding hydrogens is 429 g/mol. The van der Waals surface area contributed by atoms with Gasteiger partial charge in [-0.25, -0.2) is 0 Å². The molecule has 0 bridgehead atoms. The average Bonchev–Trinajstić information content (AvgIpc) is 2.75. The zero-order valence-electron chi connectivity index (χ0n) is 15.8. The standard InChI is InChI=1S/C20H17Cl2N5O3/c1-29-17-10-13(11-23-26-19-9-8-18(22)25-27-19)6-7-16(17)30-12-20(28)24-15-5-3-2-4-14(15)21/h2-11H,12H2,1H3,(H,24,28)(H,26,27)/b23-11+.